The van der Waals surface area contributed by atoms with Crippen LogP contribution in [0.1, 0.15) is 0 Å². The average Bonchev–Trinajstić information content (AvgIpc) is 2.59. The molecular weight excluding hydrogens is 222 g/mol. The Morgan fingerprint density at radius 3 is 2.93 bits per heavy atom. The third kappa shape index (κ3) is 1.48. The molecule has 0 saturated heterocycles. The van der Waals surface area contributed by atoms with Crippen LogP contribution in [0.5, 0.6) is 5.75 Å². The number of hydrogen-bond acceptors (Lipinski definition) is 4. The van der Waals surface area contributed by atoms with Crippen molar-refractivity contribution in [2.45, 2.75) is 0 Å². The number of nitro benzene ring substituents is 1. The molecule has 0 spiro atoms. The van der Waals surface area contributed by atoms with E-state index in [2.05, 4.69) is 10.2 Å². The van der Waals surface area contributed by atoms with Gasteiger partial charge in [0.05, 0.1) is 18.1 Å². The van der Waals surface area contributed by atoms with Crippen LogP contribution in [-0.4, -0.2) is 22.2 Å². The monoisotopic (exact) mass is 227 g/mol. The molecule has 1 aromatic carbocycles. The van der Waals surface area contributed by atoms with Crippen LogP contribution in [0.25, 0.3) is 10.9 Å². The van der Waals surface area contributed by atoms with Crippen LogP contribution in [-0.2, 0) is 0 Å². The molecule has 2 rings (SSSR count). The van der Waals surface area contributed by atoms with Crippen LogP contribution in [0.4, 0.5) is 5.69 Å². The molecule has 2 aromatic rings. The lowest BCUT2D eigenvalue weighted by atomic mass is 10.2. The molecule has 1 aromatic heterocycles. The summed E-state index contributed by atoms with van der Waals surface area (Å²) in [5.41, 5.74) is 0.286. The van der Waals surface area contributed by atoms with Crippen LogP contribution < -0.4 is 4.74 Å². The van der Waals surface area contributed by atoms with E-state index < -0.39 is 4.92 Å². The molecule has 1 N–H and O–H groups in total. The molecule has 0 saturated carbocycles. The quantitative estimate of drug-likeness (QED) is 0.629. The fourth-order valence-corrected chi connectivity index (χ4v) is 1.56. The van der Waals surface area contributed by atoms with Gasteiger partial charge in [0.2, 0.25) is 0 Å². The van der Waals surface area contributed by atoms with E-state index in [1.165, 1.54) is 13.2 Å². The fourth-order valence-electron chi connectivity index (χ4n) is 1.33. The van der Waals surface area contributed by atoms with Gasteiger partial charge in [-0.15, -0.1) is 0 Å². The molecule has 0 unspecified atom stereocenters. The minimum atomic E-state index is -0.522. The SMILES string of the molecule is COc1cc([N+](=O)[O-])c2c(Cl)[nH]nc2c1. The van der Waals surface area contributed by atoms with Gasteiger partial charge in [0.25, 0.3) is 5.69 Å². The lowest BCUT2D eigenvalue weighted by Gasteiger charge is -1.99. The zero-order valence-electron chi connectivity index (χ0n) is 7.65. The van der Waals surface area contributed by atoms with Gasteiger partial charge in [-0.2, -0.15) is 5.10 Å². The smallest absolute Gasteiger partial charge is 0.285 e. The lowest BCUT2D eigenvalue weighted by Crippen LogP contribution is -1.91. The Labute approximate surface area is 88.9 Å². The highest BCUT2D eigenvalue weighted by molar-refractivity contribution is 6.35. The summed E-state index contributed by atoms with van der Waals surface area (Å²) in [4.78, 5) is 10.3. The molecule has 6 nitrogen and oxygen atoms in total. The van der Waals surface area contributed by atoms with Crippen molar-refractivity contribution in [1.82, 2.24) is 10.2 Å². The first-order valence-electron chi connectivity index (χ1n) is 3.99. The van der Waals surface area contributed by atoms with Gasteiger partial charge >= 0.3 is 0 Å². The van der Waals surface area contributed by atoms with Gasteiger partial charge < -0.3 is 4.74 Å². The summed E-state index contributed by atoms with van der Waals surface area (Å²) >= 11 is 5.75. The van der Waals surface area contributed by atoms with Gasteiger partial charge in [0.15, 0.2) is 0 Å². The normalized spacial score (nSPS) is 10.5. The number of benzene rings is 1. The number of fused-ring (bicyclic) bond motifs is 1. The molecule has 0 bridgehead atoms. The zero-order valence-corrected chi connectivity index (χ0v) is 8.41. The third-order valence-electron chi connectivity index (χ3n) is 2.00. The molecule has 0 aliphatic heterocycles. The topological polar surface area (TPSA) is 81.0 Å². The summed E-state index contributed by atoms with van der Waals surface area (Å²) in [6, 6.07) is 2.88. The first-order chi connectivity index (χ1) is 7.13. The van der Waals surface area contributed by atoms with Crippen molar-refractivity contribution >= 4 is 28.2 Å². The Kier molecular flexibility index (Phi) is 2.20. The highest BCUT2D eigenvalue weighted by atomic mass is 35.5. The molecule has 1 heterocycles. The van der Waals surface area contributed by atoms with E-state index in [1.807, 2.05) is 0 Å². The fraction of sp³-hybridized carbons (Fsp3) is 0.125. The molecule has 15 heavy (non-hydrogen) atoms. The Hall–Kier alpha value is -1.82. The predicted molar refractivity (Wildman–Crippen MR) is 54.3 cm³/mol. The molecular formula is C8H6ClN3O3. The summed E-state index contributed by atoms with van der Waals surface area (Å²) < 4.78 is 4.92. The number of methoxy groups -OCH3 is 1. The van der Waals surface area contributed by atoms with E-state index in [4.69, 9.17) is 16.3 Å². The number of ether oxygens (including phenoxy) is 1. The third-order valence-corrected chi connectivity index (χ3v) is 2.27. The van der Waals surface area contributed by atoms with Crippen molar-refractivity contribution in [3.05, 3.63) is 27.4 Å². The van der Waals surface area contributed by atoms with Crippen molar-refractivity contribution < 1.29 is 9.66 Å². The van der Waals surface area contributed by atoms with Gasteiger partial charge in [0.1, 0.15) is 21.8 Å². The van der Waals surface area contributed by atoms with Crippen LogP contribution >= 0.6 is 11.6 Å². The van der Waals surface area contributed by atoms with Crippen molar-refractivity contribution in [1.29, 1.82) is 0 Å². The van der Waals surface area contributed by atoms with E-state index >= 15 is 0 Å². The first-order valence-corrected chi connectivity index (χ1v) is 4.37. The number of aromatic amines is 1. The van der Waals surface area contributed by atoms with Gasteiger partial charge in [-0.3, -0.25) is 15.2 Å². The van der Waals surface area contributed by atoms with Gasteiger partial charge in [-0.05, 0) is 0 Å². The largest absolute Gasteiger partial charge is 0.496 e. The van der Waals surface area contributed by atoms with Crippen molar-refractivity contribution in [2.75, 3.05) is 7.11 Å². The van der Waals surface area contributed by atoms with Gasteiger partial charge in [0, 0.05) is 6.07 Å². The van der Waals surface area contributed by atoms with Crippen LogP contribution in [0.15, 0.2) is 12.1 Å². The molecule has 7 heteroatoms. The molecule has 0 aliphatic rings. The van der Waals surface area contributed by atoms with E-state index in [0.717, 1.165) is 0 Å². The molecule has 0 amide bonds. The van der Waals surface area contributed by atoms with Crippen molar-refractivity contribution in [2.24, 2.45) is 0 Å². The predicted octanol–water partition coefficient (Wildman–Crippen LogP) is 2.13. The summed E-state index contributed by atoms with van der Waals surface area (Å²) in [5.74, 6) is 0.373. The number of hydrogen-bond donors (Lipinski definition) is 1. The Balaban J connectivity index is 2.83. The maximum atomic E-state index is 10.8. The molecule has 0 radical (unpaired) electrons. The number of halogens is 1. The number of rotatable bonds is 2. The summed E-state index contributed by atoms with van der Waals surface area (Å²) in [5, 5.41) is 17.5. The van der Waals surface area contributed by atoms with Gasteiger partial charge in [-0.1, -0.05) is 11.6 Å². The summed E-state index contributed by atoms with van der Waals surface area (Å²) in [6.45, 7) is 0. The standard InChI is InChI=1S/C8H6ClN3O3/c1-15-4-2-5-7(8(9)11-10-5)6(3-4)12(13)14/h2-3H,1H3,(H,10,11). The second-order valence-corrected chi connectivity index (χ2v) is 3.21. The minimum absolute atomic E-state index is 0.122. The number of aromatic nitrogens is 2. The van der Waals surface area contributed by atoms with Crippen LogP contribution in [0.3, 0.4) is 0 Å². The number of nitrogens with zero attached hydrogens (tertiary/aromatic N) is 2. The van der Waals surface area contributed by atoms with Crippen LogP contribution in [0, 0.1) is 10.1 Å². The van der Waals surface area contributed by atoms with Crippen molar-refractivity contribution in [3.63, 3.8) is 0 Å². The van der Waals surface area contributed by atoms with Crippen molar-refractivity contribution in [3.8, 4) is 5.75 Å². The second-order valence-electron chi connectivity index (χ2n) is 2.84. The summed E-state index contributed by atoms with van der Waals surface area (Å²) in [7, 11) is 1.43. The molecule has 78 valence electrons. The number of non-ortho nitro benzene ring substituents is 1. The van der Waals surface area contributed by atoms with E-state index in [0.29, 0.717) is 16.7 Å². The number of nitrogens with one attached hydrogen (secondary N) is 1. The average molecular weight is 228 g/mol. The Bertz CT molecular complexity index is 537. The van der Waals surface area contributed by atoms with E-state index in [9.17, 15) is 10.1 Å². The molecule has 0 aliphatic carbocycles. The first kappa shape index (κ1) is 9.72. The maximum absolute atomic E-state index is 10.8. The van der Waals surface area contributed by atoms with Gasteiger partial charge in [-0.25, -0.2) is 0 Å². The van der Waals surface area contributed by atoms with Crippen LogP contribution in [0.2, 0.25) is 5.15 Å². The molecule has 0 atom stereocenters. The number of H-pyrrole nitrogens is 1. The Morgan fingerprint density at radius 1 is 1.60 bits per heavy atom. The number of nitro groups is 1. The minimum Gasteiger partial charge on any atom is -0.496 e. The second kappa shape index (κ2) is 3.39. The lowest BCUT2D eigenvalue weighted by molar-refractivity contribution is -0.383. The molecule has 0 fully saturated rings. The highest BCUT2D eigenvalue weighted by Crippen LogP contribution is 2.33. The highest BCUT2D eigenvalue weighted by Gasteiger charge is 2.19. The zero-order chi connectivity index (χ0) is 11.0. The Morgan fingerprint density at radius 2 is 2.33 bits per heavy atom. The van der Waals surface area contributed by atoms with E-state index in [-0.39, 0.29) is 10.8 Å². The summed E-state index contributed by atoms with van der Waals surface area (Å²) in [6.07, 6.45) is 0. The maximum Gasteiger partial charge on any atom is 0.285 e. The van der Waals surface area contributed by atoms with E-state index in [1.54, 1.807) is 6.07 Å².